The summed E-state index contributed by atoms with van der Waals surface area (Å²) in [5, 5.41) is 14.3. The summed E-state index contributed by atoms with van der Waals surface area (Å²) in [6.07, 6.45) is 0. The number of esters is 1. The number of nitrogens with one attached hydrogen (secondary N) is 2. The van der Waals surface area contributed by atoms with E-state index in [4.69, 9.17) is 4.74 Å². The van der Waals surface area contributed by atoms with E-state index < -0.39 is 5.97 Å². The topological polar surface area (TPSA) is 118 Å². The molecule has 0 radical (unpaired) electrons. The molecule has 0 unspecified atom stereocenters. The first-order chi connectivity index (χ1) is 16.9. The molecule has 10 heteroatoms. The van der Waals surface area contributed by atoms with Gasteiger partial charge >= 0.3 is 5.97 Å². The van der Waals surface area contributed by atoms with Gasteiger partial charge in [-0.05, 0) is 48.7 Å². The quantitative estimate of drug-likeness (QED) is 0.281. The number of benzene rings is 2. The molecule has 4 aromatic rings. The van der Waals surface area contributed by atoms with E-state index >= 15 is 0 Å². The molecule has 1 amide bonds. The van der Waals surface area contributed by atoms with Crippen LogP contribution in [0.25, 0.3) is 16.8 Å². The van der Waals surface area contributed by atoms with Gasteiger partial charge in [0.1, 0.15) is 5.52 Å². The minimum absolute atomic E-state index is 0.0477. The van der Waals surface area contributed by atoms with Crippen molar-refractivity contribution < 1.29 is 14.3 Å². The van der Waals surface area contributed by atoms with Crippen molar-refractivity contribution >= 4 is 34.8 Å². The normalized spacial score (nSPS) is 11.1. The number of amides is 1. The highest BCUT2D eigenvalue weighted by Gasteiger charge is 2.14. The number of thioether (sulfide) groups is 1. The average Bonchev–Trinajstić information content (AvgIpc) is 3.31. The van der Waals surface area contributed by atoms with Gasteiger partial charge in [-0.15, -0.1) is 5.10 Å². The fourth-order valence-corrected chi connectivity index (χ4v) is 4.10. The molecule has 0 saturated heterocycles. The zero-order valence-corrected chi connectivity index (χ0v) is 20.4. The highest BCUT2D eigenvalue weighted by atomic mass is 32.2. The third kappa shape index (κ3) is 5.60. The van der Waals surface area contributed by atoms with Crippen LogP contribution in [0, 0.1) is 0 Å². The Hall–Kier alpha value is -3.92. The molecule has 9 nitrogen and oxygen atoms in total. The Morgan fingerprint density at radius 2 is 1.83 bits per heavy atom. The average molecular weight is 492 g/mol. The lowest BCUT2D eigenvalue weighted by Crippen LogP contribution is -2.17. The van der Waals surface area contributed by atoms with E-state index in [1.807, 2.05) is 24.3 Å². The number of H-pyrrole nitrogens is 1. The van der Waals surface area contributed by atoms with Gasteiger partial charge in [-0.25, -0.2) is 14.4 Å². The van der Waals surface area contributed by atoms with Crippen molar-refractivity contribution in [3.8, 4) is 11.3 Å². The second kappa shape index (κ2) is 10.6. The van der Waals surface area contributed by atoms with Crippen molar-refractivity contribution in [1.82, 2.24) is 19.8 Å². The smallest absolute Gasteiger partial charge is 0.338 e. The molecule has 2 N–H and O–H groups in total. The number of aromatic amines is 1. The molecule has 180 valence electrons. The molecule has 4 rings (SSSR count). The van der Waals surface area contributed by atoms with E-state index in [1.54, 1.807) is 37.3 Å². The Morgan fingerprint density at radius 1 is 1.11 bits per heavy atom. The first-order valence-electron chi connectivity index (χ1n) is 11.1. The lowest BCUT2D eigenvalue weighted by molar-refractivity contribution is -0.113. The monoisotopic (exact) mass is 491 g/mol. The van der Waals surface area contributed by atoms with E-state index in [0.29, 0.717) is 40.1 Å². The van der Waals surface area contributed by atoms with Gasteiger partial charge in [0.25, 0.3) is 5.56 Å². The van der Waals surface area contributed by atoms with Crippen LogP contribution >= 0.6 is 11.8 Å². The second-order valence-corrected chi connectivity index (χ2v) is 9.02. The summed E-state index contributed by atoms with van der Waals surface area (Å²) in [6, 6.07) is 16.2. The van der Waals surface area contributed by atoms with Crippen LogP contribution in [0.5, 0.6) is 0 Å². The maximum absolute atomic E-state index is 12.5. The van der Waals surface area contributed by atoms with Gasteiger partial charge in [0.05, 0.1) is 23.6 Å². The summed E-state index contributed by atoms with van der Waals surface area (Å²) >= 11 is 1.15. The Morgan fingerprint density at radius 3 is 2.49 bits per heavy atom. The van der Waals surface area contributed by atoms with Crippen LogP contribution in [-0.2, 0) is 9.53 Å². The summed E-state index contributed by atoms with van der Waals surface area (Å²) < 4.78 is 6.41. The van der Waals surface area contributed by atoms with Crippen molar-refractivity contribution in [3.05, 3.63) is 76.1 Å². The lowest BCUT2D eigenvalue weighted by Gasteiger charge is -2.07. The highest BCUT2D eigenvalue weighted by molar-refractivity contribution is 7.99. The summed E-state index contributed by atoms with van der Waals surface area (Å²) in [6.45, 7) is 6.29. The molecule has 0 aliphatic rings. The van der Waals surface area contributed by atoms with Crippen molar-refractivity contribution in [3.63, 3.8) is 0 Å². The molecule has 0 aliphatic heterocycles. The molecule has 0 atom stereocenters. The number of anilines is 1. The maximum atomic E-state index is 12.5. The number of rotatable bonds is 8. The van der Waals surface area contributed by atoms with Gasteiger partial charge in [0.15, 0.2) is 0 Å². The minimum atomic E-state index is -0.413. The predicted molar refractivity (Wildman–Crippen MR) is 135 cm³/mol. The van der Waals surface area contributed by atoms with Crippen molar-refractivity contribution in [2.45, 2.75) is 31.8 Å². The second-order valence-electron chi connectivity index (χ2n) is 8.07. The lowest BCUT2D eigenvalue weighted by atomic mass is 10.0. The van der Waals surface area contributed by atoms with Gasteiger partial charge < -0.3 is 10.1 Å². The molecule has 35 heavy (non-hydrogen) atoms. The zero-order valence-electron chi connectivity index (χ0n) is 19.6. The summed E-state index contributed by atoms with van der Waals surface area (Å²) in [5.41, 5.74) is 3.69. The Kier molecular flexibility index (Phi) is 7.31. The fraction of sp³-hybridized carbons (Fsp3) is 0.240. The van der Waals surface area contributed by atoms with E-state index in [9.17, 15) is 14.4 Å². The fourth-order valence-electron chi connectivity index (χ4n) is 3.40. The van der Waals surface area contributed by atoms with Gasteiger partial charge in [-0.2, -0.15) is 5.10 Å². The SMILES string of the molecule is CCOC(=O)c1ccc(NC(=O)CSc2n[nH]c(=O)c3cc(-c4ccc(C(C)C)cc4)nn23)cc1. The van der Waals surface area contributed by atoms with E-state index in [0.717, 1.165) is 17.3 Å². The van der Waals surface area contributed by atoms with Crippen LogP contribution in [0.4, 0.5) is 5.69 Å². The Balaban J connectivity index is 1.46. The van der Waals surface area contributed by atoms with E-state index in [-0.39, 0.29) is 17.2 Å². The van der Waals surface area contributed by atoms with Gasteiger partial charge in [-0.3, -0.25) is 9.59 Å². The third-order valence-corrected chi connectivity index (χ3v) is 6.19. The van der Waals surface area contributed by atoms with Gasteiger partial charge in [0.2, 0.25) is 11.1 Å². The number of aromatic nitrogens is 4. The molecule has 0 saturated carbocycles. The first kappa shape index (κ1) is 24.2. The number of fused-ring (bicyclic) bond motifs is 1. The van der Waals surface area contributed by atoms with Crippen LogP contribution in [0.15, 0.2) is 64.5 Å². The molecule has 2 heterocycles. The zero-order chi connectivity index (χ0) is 24.9. The van der Waals surface area contributed by atoms with Crippen molar-refractivity contribution in [2.75, 3.05) is 17.7 Å². The molecule has 0 bridgehead atoms. The standard InChI is InChI=1S/C25H25N5O4S/c1-4-34-24(33)18-9-11-19(12-10-18)26-22(31)14-35-25-28-27-23(32)21-13-20(29-30(21)25)17-7-5-16(6-8-17)15(2)3/h5-13,15H,4,14H2,1-3H3,(H,26,31)(H,27,32). The van der Waals surface area contributed by atoms with Crippen LogP contribution in [0.2, 0.25) is 0 Å². The summed E-state index contributed by atoms with van der Waals surface area (Å²) in [5.74, 6) is -0.214. The molecule has 0 aliphatic carbocycles. The van der Waals surface area contributed by atoms with Gasteiger partial charge in [-0.1, -0.05) is 49.9 Å². The molecular formula is C25H25N5O4S. The number of carbonyl (C=O) groups excluding carboxylic acids is 2. The van der Waals surface area contributed by atoms with Gasteiger partial charge in [0, 0.05) is 11.3 Å². The van der Waals surface area contributed by atoms with Crippen LogP contribution in [0.3, 0.4) is 0 Å². The Bertz CT molecular complexity index is 1410. The third-order valence-electron chi connectivity index (χ3n) is 5.26. The number of nitrogens with zero attached hydrogens (tertiary/aromatic N) is 3. The first-order valence-corrected chi connectivity index (χ1v) is 12.1. The van der Waals surface area contributed by atoms with Crippen LogP contribution in [-0.4, -0.2) is 44.0 Å². The Labute approximate surface area is 205 Å². The molecule has 0 fully saturated rings. The van der Waals surface area contributed by atoms with Crippen LogP contribution < -0.4 is 10.9 Å². The number of hydrogen-bond donors (Lipinski definition) is 2. The van der Waals surface area contributed by atoms with Crippen molar-refractivity contribution in [1.29, 1.82) is 0 Å². The summed E-state index contributed by atoms with van der Waals surface area (Å²) in [7, 11) is 0. The minimum Gasteiger partial charge on any atom is -0.462 e. The molecule has 0 spiro atoms. The molecule has 2 aromatic carbocycles. The number of carbonyl (C=O) groups is 2. The maximum Gasteiger partial charge on any atom is 0.338 e. The largest absolute Gasteiger partial charge is 0.462 e. The van der Waals surface area contributed by atoms with Crippen molar-refractivity contribution in [2.24, 2.45) is 0 Å². The number of hydrogen-bond acceptors (Lipinski definition) is 7. The van der Waals surface area contributed by atoms with E-state index in [2.05, 4.69) is 34.5 Å². The number of ether oxygens (including phenoxy) is 1. The summed E-state index contributed by atoms with van der Waals surface area (Å²) in [4.78, 5) is 36.5. The predicted octanol–water partition coefficient (Wildman–Crippen LogP) is 4.12. The van der Waals surface area contributed by atoms with E-state index in [1.165, 1.54) is 10.1 Å². The molecule has 2 aromatic heterocycles. The molecular weight excluding hydrogens is 466 g/mol. The van der Waals surface area contributed by atoms with Crippen LogP contribution in [0.1, 0.15) is 42.6 Å². The highest BCUT2D eigenvalue weighted by Crippen LogP contribution is 2.24.